The van der Waals surface area contributed by atoms with Crippen molar-refractivity contribution in [1.29, 1.82) is 0 Å². The summed E-state index contributed by atoms with van der Waals surface area (Å²) >= 11 is 0. The number of ether oxygens (including phenoxy) is 2. The van der Waals surface area contributed by atoms with Gasteiger partial charge in [0.05, 0.1) is 20.1 Å². The van der Waals surface area contributed by atoms with Gasteiger partial charge in [-0.25, -0.2) is 14.4 Å². The number of esters is 2. The Hall–Kier alpha value is -2.68. The van der Waals surface area contributed by atoms with Crippen molar-refractivity contribution in [1.82, 2.24) is 5.17 Å². The summed E-state index contributed by atoms with van der Waals surface area (Å²) < 4.78 is 9.20. The van der Waals surface area contributed by atoms with E-state index in [1.165, 1.54) is 0 Å². The fraction of sp³-hybridized carbons (Fsp3) is 0.429. The van der Waals surface area contributed by atoms with Crippen molar-refractivity contribution < 1.29 is 33.5 Å². The third-order valence-electron chi connectivity index (χ3n) is 4.15. The SMILES string of the molecule is COC(=O)C1=[N+]([O-])N2O[C@H]3CC=CC=C[C@H]3[C@@]2(C(=O)OC)C1=O. The zero-order valence-corrected chi connectivity index (χ0v) is 12.4. The number of carbonyl (C=O) groups is 3. The topological polar surface area (TPSA) is 108 Å². The van der Waals surface area contributed by atoms with Crippen LogP contribution in [0.5, 0.6) is 0 Å². The number of ketones is 1. The molecule has 0 N–H and O–H groups in total. The molecule has 0 bridgehead atoms. The Kier molecular flexibility index (Phi) is 3.44. The second-order valence-corrected chi connectivity index (χ2v) is 5.19. The highest BCUT2D eigenvalue weighted by Gasteiger charge is 2.76. The Morgan fingerprint density at radius 3 is 2.78 bits per heavy atom. The standard InChI is InChI=1S/C14H14N2O7/c1-21-12(18)10-11(17)14(13(19)22-2)8-6-4-3-5-7-9(8)23-16(14)15(10)20/h3-6,8-9H,7H2,1-2H3/t8-,9+,14+/m1/s1. The van der Waals surface area contributed by atoms with E-state index in [4.69, 9.17) is 9.57 Å². The molecule has 3 aliphatic rings. The zero-order chi connectivity index (χ0) is 16.8. The van der Waals surface area contributed by atoms with E-state index in [9.17, 15) is 19.6 Å². The summed E-state index contributed by atoms with van der Waals surface area (Å²) in [7, 11) is 2.13. The van der Waals surface area contributed by atoms with Gasteiger partial charge in [-0.05, 0) is 16.4 Å². The van der Waals surface area contributed by atoms with Gasteiger partial charge in [-0.1, -0.05) is 24.3 Å². The van der Waals surface area contributed by atoms with Crippen LogP contribution >= 0.6 is 0 Å². The molecule has 23 heavy (non-hydrogen) atoms. The number of Topliss-reactive ketones (excluding diaryl/α,β-unsaturated/α-hetero) is 1. The monoisotopic (exact) mass is 322 g/mol. The summed E-state index contributed by atoms with van der Waals surface area (Å²) in [5, 5.41) is 13.0. The van der Waals surface area contributed by atoms with Crippen molar-refractivity contribution in [2.45, 2.75) is 18.1 Å². The fourth-order valence-electron chi connectivity index (χ4n) is 3.11. The maximum absolute atomic E-state index is 12.8. The van der Waals surface area contributed by atoms with Crippen molar-refractivity contribution in [2.24, 2.45) is 5.92 Å². The molecule has 3 rings (SSSR count). The molecule has 9 nitrogen and oxygen atoms in total. The second-order valence-electron chi connectivity index (χ2n) is 5.19. The van der Waals surface area contributed by atoms with Gasteiger partial charge < -0.3 is 14.7 Å². The van der Waals surface area contributed by atoms with Crippen LogP contribution in [0.25, 0.3) is 0 Å². The minimum Gasteiger partial charge on any atom is -0.594 e. The lowest BCUT2D eigenvalue weighted by Crippen LogP contribution is -2.58. The van der Waals surface area contributed by atoms with Crippen molar-refractivity contribution >= 4 is 23.4 Å². The van der Waals surface area contributed by atoms with E-state index in [0.29, 0.717) is 11.6 Å². The van der Waals surface area contributed by atoms with Crippen LogP contribution in [-0.2, 0) is 28.7 Å². The molecule has 1 aliphatic carbocycles. The number of methoxy groups -OCH3 is 2. The van der Waals surface area contributed by atoms with Crippen molar-refractivity contribution in [3.05, 3.63) is 29.5 Å². The molecule has 122 valence electrons. The van der Waals surface area contributed by atoms with Gasteiger partial charge in [0.15, 0.2) is 0 Å². The van der Waals surface area contributed by atoms with Crippen molar-refractivity contribution in [3.8, 4) is 0 Å². The quantitative estimate of drug-likeness (QED) is 0.283. The predicted molar refractivity (Wildman–Crippen MR) is 73.5 cm³/mol. The Balaban J connectivity index is 2.17. The first kappa shape index (κ1) is 15.2. The highest BCUT2D eigenvalue weighted by atomic mass is 16.8. The maximum Gasteiger partial charge on any atom is 0.411 e. The maximum atomic E-state index is 12.8. The number of hydrazone groups is 1. The van der Waals surface area contributed by atoms with E-state index in [1.807, 2.05) is 0 Å². The van der Waals surface area contributed by atoms with Crippen molar-refractivity contribution in [2.75, 3.05) is 14.2 Å². The molecule has 2 heterocycles. The molecule has 2 aliphatic heterocycles. The molecule has 0 aromatic rings. The van der Waals surface area contributed by atoms with E-state index in [2.05, 4.69) is 4.74 Å². The van der Waals surface area contributed by atoms with Gasteiger partial charge in [0.2, 0.25) is 0 Å². The number of hydrazine groups is 1. The van der Waals surface area contributed by atoms with Crippen LogP contribution < -0.4 is 0 Å². The minimum absolute atomic E-state index is 0.0305. The summed E-state index contributed by atoms with van der Waals surface area (Å²) in [4.78, 5) is 42.5. The fourth-order valence-corrected chi connectivity index (χ4v) is 3.11. The van der Waals surface area contributed by atoms with Gasteiger partial charge in [-0.3, -0.25) is 4.79 Å². The Bertz CT molecular complexity index is 681. The lowest BCUT2D eigenvalue weighted by atomic mass is 9.77. The third-order valence-corrected chi connectivity index (χ3v) is 4.15. The van der Waals surface area contributed by atoms with Crippen LogP contribution in [0.3, 0.4) is 0 Å². The Labute approximate surface area is 130 Å². The van der Waals surface area contributed by atoms with E-state index < -0.39 is 41.0 Å². The lowest BCUT2D eigenvalue weighted by molar-refractivity contribution is -0.715. The van der Waals surface area contributed by atoms with Gasteiger partial charge >= 0.3 is 17.7 Å². The molecule has 9 heteroatoms. The number of allylic oxidation sites excluding steroid dienone is 2. The first-order valence-corrected chi connectivity index (χ1v) is 6.86. The van der Waals surface area contributed by atoms with Gasteiger partial charge in [0, 0.05) is 0 Å². The van der Waals surface area contributed by atoms with Crippen LogP contribution in [0.4, 0.5) is 0 Å². The normalized spacial score (nSPS) is 31.7. The number of carbonyl (C=O) groups excluding carboxylic acids is 3. The highest BCUT2D eigenvalue weighted by Crippen LogP contribution is 2.45. The molecule has 0 aromatic carbocycles. The number of hydroxylamine groups is 1. The molecule has 1 saturated heterocycles. The molecule has 0 aromatic heterocycles. The average Bonchev–Trinajstić information content (AvgIpc) is 2.85. The summed E-state index contributed by atoms with van der Waals surface area (Å²) in [5.41, 5.74) is -2.88. The third kappa shape index (κ3) is 1.76. The number of fused-ring (bicyclic) bond motifs is 3. The van der Waals surface area contributed by atoms with E-state index in [1.54, 1.807) is 24.3 Å². The van der Waals surface area contributed by atoms with Gasteiger partial charge in [-0.2, -0.15) is 0 Å². The van der Waals surface area contributed by atoms with E-state index in [-0.39, 0.29) is 4.85 Å². The molecule has 0 amide bonds. The molecule has 3 atom stereocenters. The first-order chi connectivity index (χ1) is 11.0. The van der Waals surface area contributed by atoms with Gasteiger partial charge in [0.25, 0.3) is 11.3 Å². The molecule has 0 saturated carbocycles. The first-order valence-electron chi connectivity index (χ1n) is 6.86. The predicted octanol–water partition coefficient (Wildman–Crippen LogP) is -0.732. The number of hydrogen-bond donors (Lipinski definition) is 0. The molecule has 0 unspecified atom stereocenters. The number of hydrogen-bond acceptors (Lipinski definition) is 8. The van der Waals surface area contributed by atoms with Gasteiger partial charge in [-0.15, -0.1) is 0 Å². The zero-order valence-electron chi connectivity index (χ0n) is 12.4. The van der Waals surface area contributed by atoms with Crippen LogP contribution in [0.1, 0.15) is 6.42 Å². The van der Waals surface area contributed by atoms with Gasteiger partial charge in [0.1, 0.15) is 6.10 Å². The molecule has 0 spiro atoms. The molecular formula is C14H14N2O7. The highest BCUT2D eigenvalue weighted by molar-refractivity contribution is 6.66. The summed E-state index contributed by atoms with van der Waals surface area (Å²) in [6.07, 6.45) is 6.57. The molecule has 1 fully saturated rings. The number of nitrogens with zero attached hydrogens (tertiary/aromatic N) is 2. The minimum atomic E-state index is -2.06. The Morgan fingerprint density at radius 2 is 2.13 bits per heavy atom. The van der Waals surface area contributed by atoms with E-state index in [0.717, 1.165) is 14.2 Å². The molecular weight excluding hydrogens is 308 g/mol. The lowest BCUT2D eigenvalue weighted by Gasteiger charge is -2.25. The average molecular weight is 322 g/mol. The van der Waals surface area contributed by atoms with E-state index >= 15 is 0 Å². The van der Waals surface area contributed by atoms with Crippen LogP contribution in [0, 0.1) is 11.1 Å². The number of rotatable bonds is 2. The van der Waals surface area contributed by atoms with Crippen LogP contribution in [-0.4, -0.2) is 59.3 Å². The Morgan fingerprint density at radius 1 is 1.39 bits per heavy atom. The summed E-state index contributed by atoms with van der Waals surface area (Å²) in [5.74, 6) is -3.89. The summed E-state index contributed by atoms with van der Waals surface area (Å²) in [6.45, 7) is 0. The van der Waals surface area contributed by atoms with Crippen LogP contribution in [0.2, 0.25) is 0 Å². The second kappa shape index (κ2) is 5.20. The van der Waals surface area contributed by atoms with Crippen molar-refractivity contribution in [3.63, 3.8) is 0 Å². The summed E-state index contributed by atoms with van der Waals surface area (Å²) in [6, 6.07) is 0. The van der Waals surface area contributed by atoms with Crippen LogP contribution in [0.15, 0.2) is 24.3 Å². The smallest absolute Gasteiger partial charge is 0.411 e. The largest absolute Gasteiger partial charge is 0.594 e. The molecule has 0 radical (unpaired) electrons.